The summed E-state index contributed by atoms with van der Waals surface area (Å²) in [4.78, 5) is 0. The van der Waals surface area contributed by atoms with Gasteiger partial charge in [-0.15, -0.1) is 0 Å². The first-order chi connectivity index (χ1) is 12.4. The Balaban J connectivity index is 1.88. The molecule has 0 bridgehead atoms. The number of aromatic nitrogens is 2. The molecule has 0 saturated heterocycles. The van der Waals surface area contributed by atoms with Gasteiger partial charge in [0.25, 0.3) is 0 Å². The molecule has 0 unspecified atom stereocenters. The molecule has 1 N–H and O–H groups in total. The van der Waals surface area contributed by atoms with Gasteiger partial charge in [0.1, 0.15) is 5.15 Å². The molecule has 0 aliphatic rings. The summed E-state index contributed by atoms with van der Waals surface area (Å²) in [6.45, 7) is 1.83. The minimum atomic E-state index is 0.358. The number of nitrogens with one attached hydrogen (secondary N) is 1. The number of benzene rings is 2. The first-order valence-electron chi connectivity index (χ1n) is 7.31. The smallest absolute Gasteiger partial charge is 0.142 e. The van der Waals surface area contributed by atoms with Crippen LogP contribution in [0.15, 0.2) is 41.5 Å². The fourth-order valence-electron chi connectivity index (χ4n) is 2.25. The maximum absolute atomic E-state index is 6.45. The number of hydrazone groups is 1. The van der Waals surface area contributed by atoms with Crippen LogP contribution in [0.4, 0.5) is 5.69 Å². The second-order valence-electron chi connectivity index (χ2n) is 5.30. The Bertz CT molecular complexity index is 974. The lowest BCUT2D eigenvalue weighted by Crippen LogP contribution is -1.96. The van der Waals surface area contributed by atoms with Gasteiger partial charge in [-0.2, -0.15) is 10.2 Å². The maximum Gasteiger partial charge on any atom is 0.142 e. The Morgan fingerprint density at radius 1 is 1.00 bits per heavy atom. The fourth-order valence-corrected chi connectivity index (χ4v) is 3.65. The molecule has 1 heterocycles. The van der Waals surface area contributed by atoms with Crippen LogP contribution in [-0.4, -0.2) is 16.0 Å². The molecule has 0 aliphatic carbocycles. The van der Waals surface area contributed by atoms with Crippen LogP contribution >= 0.6 is 58.0 Å². The molecule has 2 aromatic carbocycles. The molecule has 3 aromatic rings. The molecule has 4 nitrogen and oxygen atoms in total. The van der Waals surface area contributed by atoms with E-state index in [1.165, 1.54) is 0 Å². The molecule has 9 heteroatoms. The number of hydrogen-bond donors (Lipinski definition) is 1. The molecule has 0 radical (unpaired) electrons. The third-order valence-electron chi connectivity index (χ3n) is 3.48. The average molecular weight is 449 g/mol. The van der Waals surface area contributed by atoms with Gasteiger partial charge in [-0.1, -0.05) is 64.1 Å². The fraction of sp³-hybridized carbons (Fsp3) is 0.0588. The molecule has 3 rings (SSSR count). The van der Waals surface area contributed by atoms with Crippen molar-refractivity contribution in [3.63, 3.8) is 0 Å². The van der Waals surface area contributed by atoms with Crippen molar-refractivity contribution in [3.05, 3.63) is 72.9 Å². The molecule has 1 aromatic heterocycles. The number of aryl methyl sites for hydroxylation is 1. The summed E-state index contributed by atoms with van der Waals surface area (Å²) in [7, 11) is 0. The molecule has 0 atom stereocenters. The van der Waals surface area contributed by atoms with Crippen molar-refractivity contribution >= 4 is 69.9 Å². The van der Waals surface area contributed by atoms with E-state index in [-0.39, 0.29) is 0 Å². The van der Waals surface area contributed by atoms with E-state index in [0.717, 1.165) is 5.69 Å². The van der Waals surface area contributed by atoms with Gasteiger partial charge in [-0.05, 0) is 37.3 Å². The lowest BCUT2D eigenvalue weighted by atomic mass is 10.3. The highest BCUT2D eigenvalue weighted by Gasteiger charge is 2.14. The quantitative estimate of drug-likeness (QED) is 0.349. The summed E-state index contributed by atoms with van der Waals surface area (Å²) < 4.78 is 1.59. The summed E-state index contributed by atoms with van der Waals surface area (Å²) in [5, 5.41) is 10.7. The van der Waals surface area contributed by atoms with Gasteiger partial charge in [0.05, 0.1) is 38.9 Å². The van der Waals surface area contributed by atoms with Crippen LogP contribution in [0, 0.1) is 6.92 Å². The summed E-state index contributed by atoms with van der Waals surface area (Å²) in [5.74, 6) is 0. The number of halogens is 5. The van der Waals surface area contributed by atoms with Gasteiger partial charge in [-0.25, -0.2) is 4.68 Å². The van der Waals surface area contributed by atoms with E-state index < -0.39 is 0 Å². The topological polar surface area (TPSA) is 42.2 Å². The zero-order valence-corrected chi connectivity index (χ0v) is 17.1. The van der Waals surface area contributed by atoms with Gasteiger partial charge in [0.15, 0.2) is 0 Å². The van der Waals surface area contributed by atoms with E-state index in [9.17, 15) is 0 Å². The Labute approximate surface area is 175 Å². The summed E-state index contributed by atoms with van der Waals surface area (Å²) >= 11 is 30.6. The zero-order valence-electron chi connectivity index (χ0n) is 13.3. The maximum atomic E-state index is 6.45. The third-order valence-corrected chi connectivity index (χ3v) is 4.89. The Kier molecular flexibility index (Phi) is 6.00. The number of anilines is 1. The monoisotopic (exact) mass is 446 g/mol. The molecule has 0 saturated carbocycles. The van der Waals surface area contributed by atoms with Gasteiger partial charge in [0, 0.05) is 10.0 Å². The van der Waals surface area contributed by atoms with Crippen molar-refractivity contribution in [2.75, 3.05) is 5.43 Å². The highest BCUT2D eigenvalue weighted by molar-refractivity contribution is 6.41. The van der Waals surface area contributed by atoms with E-state index in [1.54, 1.807) is 35.2 Å². The minimum Gasteiger partial charge on any atom is -0.275 e. The van der Waals surface area contributed by atoms with E-state index in [4.69, 9.17) is 58.0 Å². The van der Waals surface area contributed by atoms with Gasteiger partial charge in [0.2, 0.25) is 0 Å². The Morgan fingerprint density at radius 3 is 2.35 bits per heavy atom. The molecule has 0 spiro atoms. The van der Waals surface area contributed by atoms with Crippen molar-refractivity contribution in [2.24, 2.45) is 5.10 Å². The molecule has 26 heavy (non-hydrogen) atoms. The lowest BCUT2D eigenvalue weighted by molar-refractivity contribution is 0.863. The normalized spacial score (nSPS) is 11.3. The van der Waals surface area contributed by atoms with Crippen LogP contribution in [-0.2, 0) is 0 Å². The van der Waals surface area contributed by atoms with Gasteiger partial charge < -0.3 is 0 Å². The molecular weight excluding hydrogens is 437 g/mol. The SMILES string of the molecule is Cc1nn(-c2cccc(Cl)c2)c(Cl)c1C=NNc1c(Cl)cc(Cl)cc1Cl. The molecule has 0 amide bonds. The first-order valence-corrected chi connectivity index (χ1v) is 9.20. The predicted molar refractivity (Wildman–Crippen MR) is 111 cm³/mol. The molecule has 134 valence electrons. The standard InChI is InChI=1S/C17H11Cl5N4/c1-9-13(8-23-24-16-14(20)6-11(19)7-15(16)21)17(22)26(25-9)12-4-2-3-10(18)5-12/h2-8,24H,1H3. The second kappa shape index (κ2) is 8.07. The van der Waals surface area contributed by atoms with Crippen LogP contribution in [0.3, 0.4) is 0 Å². The molecular formula is C17H11Cl5N4. The predicted octanol–water partition coefficient (Wildman–Crippen LogP) is 6.89. The minimum absolute atomic E-state index is 0.358. The van der Waals surface area contributed by atoms with Crippen molar-refractivity contribution in [3.8, 4) is 5.69 Å². The van der Waals surface area contributed by atoms with Crippen LogP contribution in [0.2, 0.25) is 25.2 Å². The average Bonchev–Trinajstić information content (AvgIpc) is 2.85. The summed E-state index contributed by atoms with van der Waals surface area (Å²) in [6, 6.07) is 10.4. The van der Waals surface area contributed by atoms with Gasteiger partial charge >= 0.3 is 0 Å². The van der Waals surface area contributed by atoms with E-state index in [0.29, 0.717) is 42.2 Å². The van der Waals surface area contributed by atoms with E-state index >= 15 is 0 Å². The van der Waals surface area contributed by atoms with Crippen molar-refractivity contribution < 1.29 is 0 Å². The highest BCUT2D eigenvalue weighted by atomic mass is 35.5. The number of rotatable bonds is 4. The largest absolute Gasteiger partial charge is 0.275 e. The Morgan fingerprint density at radius 2 is 1.69 bits per heavy atom. The summed E-state index contributed by atoms with van der Waals surface area (Å²) in [5.41, 5.74) is 5.36. The zero-order chi connectivity index (χ0) is 18.8. The summed E-state index contributed by atoms with van der Waals surface area (Å²) in [6.07, 6.45) is 1.55. The number of nitrogens with zero attached hydrogens (tertiary/aromatic N) is 3. The molecule has 0 aliphatic heterocycles. The third kappa shape index (κ3) is 4.11. The van der Waals surface area contributed by atoms with Crippen LogP contribution < -0.4 is 5.43 Å². The van der Waals surface area contributed by atoms with Crippen LogP contribution in [0.5, 0.6) is 0 Å². The van der Waals surface area contributed by atoms with Crippen molar-refractivity contribution in [1.29, 1.82) is 0 Å². The van der Waals surface area contributed by atoms with Crippen LogP contribution in [0.1, 0.15) is 11.3 Å². The number of hydrogen-bond acceptors (Lipinski definition) is 3. The highest BCUT2D eigenvalue weighted by Crippen LogP contribution is 2.33. The van der Waals surface area contributed by atoms with Crippen LogP contribution in [0.25, 0.3) is 5.69 Å². The van der Waals surface area contributed by atoms with E-state index in [2.05, 4.69) is 15.6 Å². The Hall–Kier alpha value is -1.43. The van der Waals surface area contributed by atoms with E-state index in [1.807, 2.05) is 19.1 Å². The van der Waals surface area contributed by atoms with Gasteiger partial charge in [-0.3, -0.25) is 5.43 Å². The lowest BCUT2D eigenvalue weighted by Gasteiger charge is -2.06. The second-order valence-corrected chi connectivity index (χ2v) is 7.34. The van der Waals surface area contributed by atoms with Crippen molar-refractivity contribution in [2.45, 2.75) is 6.92 Å². The first kappa shape index (κ1) is 19.3. The van der Waals surface area contributed by atoms with Crippen molar-refractivity contribution in [1.82, 2.24) is 9.78 Å². The molecule has 0 fully saturated rings.